The summed E-state index contributed by atoms with van der Waals surface area (Å²) in [5.74, 6) is 1.52. The third kappa shape index (κ3) is 4.05. The topological polar surface area (TPSA) is 44.8 Å². The molecule has 2 aromatic rings. The predicted molar refractivity (Wildman–Crippen MR) is 90.9 cm³/mol. The van der Waals surface area contributed by atoms with Crippen molar-refractivity contribution in [2.45, 2.75) is 0 Å². The van der Waals surface area contributed by atoms with E-state index in [2.05, 4.69) is 0 Å². The Bertz CT molecular complexity index is 738. The van der Waals surface area contributed by atoms with Crippen LogP contribution in [0.5, 0.6) is 17.2 Å². The fourth-order valence-electron chi connectivity index (χ4n) is 2.04. The molecule has 0 amide bonds. The van der Waals surface area contributed by atoms with Crippen LogP contribution in [0.3, 0.4) is 0 Å². The van der Waals surface area contributed by atoms with Crippen molar-refractivity contribution in [3.8, 4) is 17.2 Å². The Balaban J connectivity index is 2.21. The maximum atomic E-state index is 12.3. The molecule has 0 aliphatic rings. The van der Waals surface area contributed by atoms with E-state index in [9.17, 15) is 4.79 Å². The van der Waals surface area contributed by atoms with E-state index in [0.717, 1.165) is 5.56 Å². The second-order valence-corrected chi connectivity index (χ2v) is 5.07. The molecule has 0 N–H and O–H groups in total. The zero-order valence-corrected chi connectivity index (χ0v) is 13.9. The van der Waals surface area contributed by atoms with Crippen molar-refractivity contribution in [2.24, 2.45) is 0 Å². The van der Waals surface area contributed by atoms with Gasteiger partial charge in [-0.2, -0.15) is 0 Å². The van der Waals surface area contributed by atoms with Crippen LogP contribution >= 0.6 is 11.6 Å². The van der Waals surface area contributed by atoms with Gasteiger partial charge >= 0.3 is 0 Å². The van der Waals surface area contributed by atoms with Crippen LogP contribution in [0, 0.1) is 0 Å². The molecule has 2 rings (SSSR count). The lowest BCUT2D eigenvalue weighted by molar-refractivity contribution is 0.104. The minimum atomic E-state index is -0.139. The Kier molecular flexibility index (Phi) is 5.66. The van der Waals surface area contributed by atoms with Gasteiger partial charge in [-0.25, -0.2) is 0 Å². The molecule has 0 aliphatic carbocycles. The van der Waals surface area contributed by atoms with E-state index in [1.54, 1.807) is 50.6 Å². The summed E-state index contributed by atoms with van der Waals surface area (Å²) in [6.07, 6.45) is 3.20. The number of hydrogen-bond acceptors (Lipinski definition) is 4. The highest BCUT2D eigenvalue weighted by Gasteiger charge is 2.08. The number of methoxy groups -OCH3 is 3. The van der Waals surface area contributed by atoms with E-state index in [1.807, 2.05) is 6.07 Å². The Morgan fingerprint density at radius 2 is 1.61 bits per heavy atom. The Morgan fingerprint density at radius 3 is 2.26 bits per heavy atom. The number of benzene rings is 2. The van der Waals surface area contributed by atoms with Crippen LogP contribution < -0.4 is 14.2 Å². The monoisotopic (exact) mass is 332 g/mol. The molecule has 0 heterocycles. The summed E-state index contributed by atoms with van der Waals surface area (Å²) in [6, 6.07) is 10.3. The minimum absolute atomic E-state index is 0.139. The number of carbonyl (C=O) groups excluding carboxylic acids is 1. The minimum Gasteiger partial charge on any atom is -0.495 e. The van der Waals surface area contributed by atoms with Crippen molar-refractivity contribution >= 4 is 23.5 Å². The fraction of sp³-hybridized carbons (Fsp3) is 0.167. The summed E-state index contributed by atoms with van der Waals surface area (Å²) in [5, 5.41) is 0.524. The molecule has 120 valence electrons. The summed E-state index contributed by atoms with van der Waals surface area (Å²) in [6.45, 7) is 0. The van der Waals surface area contributed by atoms with E-state index >= 15 is 0 Å². The average molecular weight is 333 g/mol. The lowest BCUT2D eigenvalue weighted by Gasteiger charge is -2.08. The maximum Gasteiger partial charge on any atom is 0.185 e. The van der Waals surface area contributed by atoms with Gasteiger partial charge in [0.15, 0.2) is 17.3 Å². The van der Waals surface area contributed by atoms with Crippen molar-refractivity contribution < 1.29 is 19.0 Å². The Hall–Kier alpha value is -2.46. The number of allylic oxidation sites excluding steroid dienone is 1. The van der Waals surface area contributed by atoms with Gasteiger partial charge in [0, 0.05) is 5.56 Å². The molecule has 0 aromatic heterocycles. The summed E-state index contributed by atoms with van der Waals surface area (Å²) >= 11 is 5.98. The third-order valence-corrected chi connectivity index (χ3v) is 3.58. The lowest BCUT2D eigenvalue weighted by Crippen LogP contribution is -1.97. The molecule has 0 atom stereocenters. The van der Waals surface area contributed by atoms with Crippen LogP contribution in [0.25, 0.3) is 6.08 Å². The molecule has 0 aliphatic heterocycles. The van der Waals surface area contributed by atoms with E-state index in [-0.39, 0.29) is 5.78 Å². The Labute approximate surface area is 140 Å². The molecule has 0 fully saturated rings. The smallest absolute Gasteiger partial charge is 0.185 e. The summed E-state index contributed by atoms with van der Waals surface area (Å²) in [5.41, 5.74) is 1.33. The number of carbonyl (C=O) groups is 1. The quantitative estimate of drug-likeness (QED) is 0.585. The molecule has 0 unspecified atom stereocenters. The first-order chi connectivity index (χ1) is 11.1. The highest BCUT2D eigenvalue weighted by Crippen LogP contribution is 2.28. The van der Waals surface area contributed by atoms with Gasteiger partial charge in [-0.15, -0.1) is 0 Å². The van der Waals surface area contributed by atoms with Crippen LogP contribution in [-0.4, -0.2) is 27.1 Å². The first-order valence-electron chi connectivity index (χ1n) is 6.87. The molecule has 5 heteroatoms. The van der Waals surface area contributed by atoms with Crippen LogP contribution in [-0.2, 0) is 0 Å². The predicted octanol–water partition coefficient (Wildman–Crippen LogP) is 4.26. The van der Waals surface area contributed by atoms with Crippen molar-refractivity contribution in [3.63, 3.8) is 0 Å². The second kappa shape index (κ2) is 7.70. The fourth-order valence-corrected chi connectivity index (χ4v) is 2.23. The largest absolute Gasteiger partial charge is 0.495 e. The van der Waals surface area contributed by atoms with Crippen molar-refractivity contribution in [1.82, 2.24) is 0 Å². The zero-order valence-electron chi connectivity index (χ0n) is 13.1. The summed E-state index contributed by atoms with van der Waals surface area (Å²) < 4.78 is 15.5. The molecule has 0 spiro atoms. The van der Waals surface area contributed by atoms with Gasteiger partial charge in [-0.3, -0.25) is 4.79 Å². The number of halogens is 1. The number of ether oxygens (including phenoxy) is 3. The first kappa shape index (κ1) is 16.9. The standard InChI is InChI=1S/C18H17ClO4/c1-21-16-9-6-13(11-18(16)23-3)15(20)8-5-12-4-7-14(19)17(10-12)22-2/h4-11H,1-3H3/b8-5+. The van der Waals surface area contributed by atoms with Gasteiger partial charge in [-0.1, -0.05) is 23.7 Å². The van der Waals surface area contributed by atoms with Gasteiger partial charge in [0.1, 0.15) is 5.75 Å². The lowest BCUT2D eigenvalue weighted by atomic mass is 10.1. The summed E-state index contributed by atoms with van der Waals surface area (Å²) in [7, 11) is 4.62. The molecule has 0 saturated heterocycles. The van der Waals surface area contributed by atoms with E-state index in [1.165, 1.54) is 13.2 Å². The van der Waals surface area contributed by atoms with Gasteiger partial charge < -0.3 is 14.2 Å². The molecule has 0 saturated carbocycles. The number of rotatable bonds is 6. The highest BCUT2D eigenvalue weighted by molar-refractivity contribution is 6.32. The third-order valence-electron chi connectivity index (χ3n) is 3.27. The van der Waals surface area contributed by atoms with E-state index in [0.29, 0.717) is 27.8 Å². The Morgan fingerprint density at radius 1 is 0.913 bits per heavy atom. The van der Waals surface area contributed by atoms with Gasteiger partial charge in [-0.05, 0) is 42.0 Å². The van der Waals surface area contributed by atoms with Crippen molar-refractivity contribution in [1.29, 1.82) is 0 Å². The van der Waals surface area contributed by atoms with Crippen LogP contribution in [0.4, 0.5) is 0 Å². The molecule has 4 nitrogen and oxygen atoms in total. The molecule has 2 aromatic carbocycles. The number of hydrogen-bond donors (Lipinski definition) is 0. The molecular formula is C18H17ClO4. The first-order valence-corrected chi connectivity index (χ1v) is 7.24. The van der Waals surface area contributed by atoms with Crippen LogP contribution in [0.15, 0.2) is 42.5 Å². The van der Waals surface area contributed by atoms with E-state index in [4.69, 9.17) is 25.8 Å². The van der Waals surface area contributed by atoms with Crippen molar-refractivity contribution in [3.05, 3.63) is 58.6 Å². The normalized spacial score (nSPS) is 10.6. The molecular weight excluding hydrogens is 316 g/mol. The van der Waals surface area contributed by atoms with E-state index < -0.39 is 0 Å². The van der Waals surface area contributed by atoms with Gasteiger partial charge in [0.2, 0.25) is 0 Å². The average Bonchev–Trinajstić information content (AvgIpc) is 2.59. The SMILES string of the molecule is COc1cc(/C=C/C(=O)c2ccc(OC)c(OC)c2)ccc1Cl. The highest BCUT2D eigenvalue weighted by atomic mass is 35.5. The van der Waals surface area contributed by atoms with Crippen molar-refractivity contribution in [2.75, 3.05) is 21.3 Å². The van der Waals surface area contributed by atoms with Gasteiger partial charge in [0.25, 0.3) is 0 Å². The number of ketones is 1. The second-order valence-electron chi connectivity index (χ2n) is 4.66. The van der Waals surface area contributed by atoms with Crippen LogP contribution in [0.1, 0.15) is 15.9 Å². The molecule has 0 radical (unpaired) electrons. The summed E-state index contributed by atoms with van der Waals surface area (Å²) in [4.78, 5) is 12.3. The molecule has 0 bridgehead atoms. The molecule has 23 heavy (non-hydrogen) atoms. The zero-order chi connectivity index (χ0) is 16.8. The van der Waals surface area contributed by atoms with Gasteiger partial charge in [0.05, 0.1) is 26.4 Å². The van der Waals surface area contributed by atoms with Crippen LogP contribution in [0.2, 0.25) is 5.02 Å². The maximum absolute atomic E-state index is 12.3.